The van der Waals surface area contributed by atoms with Crippen molar-refractivity contribution in [3.63, 3.8) is 0 Å². The minimum Gasteiger partial charge on any atom is -0.466 e. The van der Waals surface area contributed by atoms with Crippen molar-refractivity contribution in [2.75, 3.05) is 19.5 Å². The van der Waals surface area contributed by atoms with Crippen molar-refractivity contribution in [3.8, 4) is 11.8 Å². The fraction of sp³-hybridized carbons (Fsp3) is 0.706. The second kappa shape index (κ2) is 6.74. The van der Waals surface area contributed by atoms with Crippen molar-refractivity contribution in [3.05, 3.63) is 12.2 Å². The Morgan fingerprint density at radius 3 is 2.68 bits per heavy atom. The molecule has 2 heterocycles. The quantitative estimate of drug-likeness (QED) is 0.330. The van der Waals surface area contributed by atoms with Gasteiger partial charge >= 0.3 is 5.97 Å². The number of hydrogen-bond acceptors (Lipinski definition) is 4. The first-order valence-corrected chi connectivity index (χ1v) is 8.63. The third kappa shape index (κ3) is 3.10. The van der Waals surface area contributed by atoms with Crippen LogP contribution in [0.25, 0.3) is 0 Å². The molecule has 2 fully saturated rings. The molecule has 0 aromatic heterocycles. The number of carbonyl (C=O) groups excluding carboxylic acids is 1. The fourth-order valence-electron chi connectivity index (χ4n) is 3.47. The first kappa shape index (κ1) is 17.5. The van der Waals surface area contributed by atoms with E-state index in [2.05, 4.69) is 39.4 Å². The summed E-state index contributed by atoms with van der Waals surface area (Å²) in [7, 11) is 3.08. The summed E-state index contributed by atoms with van der Waals surface area (Å²) in [4.78, 5) is 11.3. The molecule has 0 spiro atoms. The Kier molecular flexibility index (Phi) is 5.37. The van der Waals surface area contributed by atoms with Crippen molar-refractivity contribution < 1.29 is 19.0 Å². The molecule has 122 valence electrons. The van der Waals surface area contributed by atoms with Crippen molar-refractivity contribution >= 4 is 21.9 Å². The molecular weight excluding hydrogens is 348 g/mol. The van der Waals surface area contributed by atoms with Gasteiger partial charge in [0.1, 0.15) is 5.60 Å². The van der Waals surface area contributed by atoms with Crippen LogP contribution >= 0.6 is 15.9 Å². The van der Waals surface area contributed by atoms with Gasteiger partial charge in [0.05, 0.1) is 12.4 Å². The normalized spacial score (nSPS) is 36.9. The molecule has 0 amide bonds. The maximum absolute atomic E-state index is 11.3. The second-order valence-electron chi connectivity index (χ2n) is 6.17. The van der Waals surface area contributed by atoms with Crippen molar-refractivity contribution in [2.45, 2.75) is 50.4 Å². The highest BCUT2D eigenvalue weighted by Crippen LogP contribution is 2.58. The maximum Gasteiger partial charge on any atom is 0.330 e. The van der Waals surface area contributed by atoms with Crippen LogP contribution < -0.4 is 0 Å². The molecule has 22 heavy (non-hydrogen) atoms. The molecule has 0 aromatic carbocycles. The van der Waals surface area contributed by atoms with Crippen LogP contribution in [0, 0.1) is 17.3 Å². The number of rotatable bonds is 4. The molecule has 2 bridgehead atoms. The van der Waals surface area contributed by atoms with Crippen LogP contribution in [0.2, 0.25) is 0 Å². The summed E-state index contributed by atoms with van der Waals surface area (Å²) in [6.07, 6.45) is 7.57. The lowest BCUT2D eigenvalue weighted by Crippen LogP contribution is -2.52. The molecular formula is C17H23BrO4. The van der Waals surface area contributed by atoms with Gasteiger partial charge in [0.15, 0.2) is 5.79 Å². The number of ether oxygens (including phenoxy) is 3. The molecule has 0 saturated carbocycles. The largest absolute Gasteiger partial charge is 0.466 e. The van der Waals surface area contributed by atoms with E-state index in [0.29, 0.717) is 5.33 Å². The number of fused-ring (bicyclic) bond motifs is 2. The first-order valence-electron chi connectivity index (χ1n) is 7.51. The molecule has 2 saturated heterocycles. The third-order valence-electron chi connectivity index (χ3n) is 5.00. The van der Waals surface area contributed by atoms with Crippen LogP contribution in [0.15, 0.2) is 12.2 Å². The summed E-state index contributed by atoms with van der Waals surface area (Å²) in [6.45, 7) is 2.18. The molecule has 0 radical (unpaired) electrons. The summed E-state index contributed by atoms with van der Waals surface area (Å²) in [5, 5.41) is 0.617. The zero-order valence-electron chi connectivity index (χ0n) is 13.4. The minimum atomic E-state index is -0.518. The number of carbonyl (C=O) groups is 1. The van der Waals surface area contributed by atoms with E-state index >= 15 is 0 Å². The van der Waals surface area contributed by atoms with Crippen LogP contribution in [0.1, 0.15) is 39.0 Å². The van der Waals surface area contributed by atoms with Gasteiger partial charge in [-0.3, -0.25) is 0 Å². The number of halogens is 1. The van der Waals surface area contributed by atoms with Gasteiger partial charge in [0.25, 0.3) is 0 Å². The maximum atomic E-state index is 11.3. The lowest BCUT2D eigenvalue weighted by atomic mass is 9.67. The highest BCUT2D eigenvalue weighted by molar-refractivity contribution is 9.09. The van der Waals surface area contributed by atoms with E-state index in [9.17, 15) is 4.79 Å². The van der Waals surface area contributed by atoms with Gasteiger partial charge in [-0.05, 0) is 19.3 Å². The van der Waals surface area contributed by atoms with E-state index in [4.69, 9.17) is 9.47 Å². The fourth-order valence-corrected chi connectivity index (χ4v) is 3.61. The van der Waals surface area contributed by atoms with Gasteiger partial charge < -0.3 is 14.2 Å². The van der Waals surface area contributed by atoms with E-state index in [1.54, 1.807) is 7.11 Å². The Morgan fingerprint density at radius 2 is 2.05 bits per heavy atom. The van der Waals surface area contributed by atoms with E-state index in [0.717, 1.165) is 32.1 Å². The highest BCUT2D eigenvalue weighted by atomic mass is 79.9. The summed E-state index contributed by atoms with van der Waals surface area (Å²) >= 11 is 3.36. The van der Waals surface area contributed by atoms with Gasteiger partial charge in [0, 0.05) is 31.4 Å². The lowest BCUT2D eigenvalue weighted by Gasteiger charge is -2.49. The van der Waals surface area contributed by atoms with Crippen molar-refractivity contribution in [1.29, 1.82) is 0 Å². The summed E-state index contributed by atoms with van der Waals surface area (Å²) < 4.78 is 16.6. The monoisotopic (exact) mass is 370 g/mol. The number of alkyl halides is 1. The standard InChI is InChI=1S/C17H23BrO4/c1-15(7-4-6-14(19)20-2)9-11-17(21-3)12-10-16(15,22-17)8-5-13-18/h4,6H,7,9-13H2,1-3H3/b6-4+/t15?,16-,17-/m1/s1. The predicted molar refractivity (Wildman–Crippen MR) is 87.5 cm³/mol. The summed E-state index contributed by atoms with van der Waals surface area (Å²) in [5.41, 5.74) is -0.666. The number of methoxy groups -OCH3 is 2. The molecule has 0 aliphatic carbocycles. The van der Waals surface area contributed by atoms with E-state index < -0.39 is 11.4 Å². The average Bonchev–Trinajstić information content (AvgIpc) is 2.87. The first-order chi connectivity index (χ1) is 10.4. The topological polar surface area (TPSA) is 44.8 Å². The molecule has 2 aliphatic rings. The van der Waals surface area contributed by atoms with Crippen molar-refractivity contribution in [2.24, 2.45) is 5.41 Å². The Balaban J connectivity index is 2.25. The van der Waals surface area contributed by atoms with Crippen LogP contribution in [0.4, 0.5) is 0 Å². The number of esters is 1. The van der Waals surface area contributed by atoms with Crippen LogP contribution in [-0.4, -0.2) is 36.9 Å². The zero-order valence-corrected chi connectivity index (χ0v) is 15.0. The van der Waals surface area contributed by atoms with Gasteiger partial charge in [-0.1, -0.05) is 40.8 Å². The van der Waals surface area contributed by atoms with E-state index in [-0.39, 0.29) is 11.4 Å². The van der Waals surface area contributed by atoms with Crippen LogP contribution in [-0.2, 0) is 19.0 Å². The Morgan fingerprint density at radius 1 is 1.32 bits per heavy atom. The van der Waals surface area contributed by atoms with Gasteiger partial charge in [-0.15, -0.1) is 0 Å². The molecule has 5 heteroatoms. The third-order valence-corrected chi connectivity index (χ3v) is 5.28. The smallest absolute Gasteiger partial charge is 0.330 e. The number of allylic oxidation sites excluding steroid dienone is 1. The van der Waals surface area contributed by atoms with Gasteiger partial charge in [0.2, 0.25) is 0 Å². The number of hydrogen-bond donors (Lipinski definition) is 0. The predicted octanol–water partition coefficient (Wildman–Crippen LogP) is 3.20. The zero-order chi connectivity index (χ0) is 16.3. The molecule has 2 aliphatic heterocycles. The molecule has 1 unspecified atom stereocenters. The second-order valence-corrected chi connectivity index (χ2v) is 6.73. The molecule has 4 nitrogen and oxygen atoms in total. The van der Waals surface area contributed by atoms with Crippen molar-refractivity contribution in [1.82, 2.24) is 0 Å². The Hall–Kier alpha value is -0.830. The molecule has 0 aromatic rings. The summed E-state index contributed by atoms with van der Waals surface area (Å²) in [6, 6.07) is 0. The van der Waals surface area contributed by atoms with E-state index in [1.165, 1.54) is 13.2 Å². The van der Waals surface area contributed by atoms with Gasteiger partial charge in [-0.25, -0.2) is 4.79 Å². The average molecular weight is 371 g/mol. The minimum absolute atomic E-state index is 0.148. The van der Waals surface area contributed by atoms with Crippen LogP contribution in [0.3, 0.4) is 0 Å². The highest BCUT2D eigenvalue weighted by Gasteiger charge is 2.61. The summed E-state index contributed by atoms with van der Waals surface area (Å²) in [5.74, 6) is 5.61. The van der Waals surface area contributed by atoms with Gasteiger partial charge in [-0.2, -0.15) is 0 Å². The molecule has 3 atom stereocenters. The lowest BCUT2D eigenvalue weighted by molar-refractivity contribution is -0.279. The Labute approximate surface area is 140 Å². The molecule has 0 N–H and O–H groups in total. The van der Waals surface area contributed by atoms with Crippen LogP contribution in [0.5, 0.6) is 0 Å². The Bertz CT molecular complexity index is 520. The van der Waals surface area contributed by atoms with E-state index in [1.807, 2.05) is 6.08 Å². The molecule has 2 rings (SSSR count). The SMILES string of the molecule is COC(=O)/C=C/CC1(C)CC[C@]2(OC)CC[C@@]1(C#CCBr)O2.